The minimum Gasteiger partial charge on any atom is -0.427 e. The van der Waals surface area contributed by atoms with Crippen LogP contribution in [-0.4, -0.2) is 21.5 Å². The van der Waals surface area contributed by atoms with E-state index in [0.717, 1.165) is 12.5 Å². The van der Waals surface area contributed by atoms with Gasteiger partial charge in [-0.2, -0.15) is 17.9 Å². The predicted molar refractivity (Wildman–Crippen MR) is 51.0 cm³/mol. The molecule has 0 bridgehead atoms. The number of nitrogens with zero attached hydrogens (tertiary/aromatic N) is 1. The van der Waals surface area contributed by atoms with Crippen molar-refractivity contribution in [1.29, 1.82) is 5.26 Å². The van der Waals surface area contributed by atoms with Crippen molar-refractivity contribution in [3.05, 3.63) is 0 Å². The number of nitriles is 1. The summed E-state index contributed by atoms with van der Waals surface area (Å²) in [7, 11) is 1.42. The monoisotopic (exact) mass is 193 g/mol. The minimum absolute atomic E-state index is 0.174. The lowest BCUT2D eigenvalue weighted by molar-refractivity contribution is 0.440. The summed E-state index contributed by atoms with van der Waals surface area (Å²) in [6, 6.07) is 1.11. The van der Waals surface area contributed by atoms with Gasteiger partial charge in [0.15, 0.2) is 9.76 Å². The van der Waals surface area contributed by atoms with Crippen molar-refractivity contribution in [2.24, 2.45) is 0 Å². The van der Waals surface area contributed by atoms with Crippen molar-refractivity contribution in [3.8, 4) is 5.40 Å². The van der Waals surface area contributed by atoms with Gasteiger partial charge < -0.3 is 4.43 Å². The summed E-state index contributed by atoms with van der Waals surface area (Å²) in [5.41, 5.74) is 0. The third kappa shape index (κ3) is 6.49. The molecule has 0 aromatic heterocycles. The Balaban J connectivity index is 3.06. The molecule has 2 nitrogen and oxygen atoms in total. The Hall–Kier alpha value is 0.367. The maximum absolute atomic E-state index is 8.24. The van der Waals surface area contributed by atoms with Crippen LogP contribution in [0.1, 0.15) is 6.42 Å². The van der Waals surface area contributed by atoms with Crippen LogP contribution in [0.2, 0.25) is 6.04 Å². The zero-order valence-electron chi connectivity index (χ0n) is 5.91. The number of thiocyanates is 1. The molecule has 0 aliphatic heterocycles. The van der Waals surface area contributed by atoms with Crippen LogP contribution in [0.4, 0.5) is 0 Å². The zero-order valence-corrected chi connectivity index (χ0v) is 9.03. The molecule has 0 rings (SSSR count). The number of hydrogen-bond donors (Lipinski definition) is 1. The quantitative estimate of drug-likeness (QED) is 0.232. The molecule has 0 N–H and O–H groups in total. The van der Waals surface area contributed by atoms with E-state index < -0.39 is 0 Å². The zero-order chi connectivity index (χ0) is 7.82. The second kappa shape index (κ2) is 7.47. The standard InChI is InChI=1S/C5H11NOS2Si/c1-7-10-3-2-5(8)9-4-6/h5,8H,2-3,10H2,1H3. The summed E-state index contributed by atoms with van der Waals surface area (Å²) in [6.45, 7) is 0. The molecule has 0 aliphatic carbocycles. The molecule has 1 atom stereocenters. The highest BCUT2D eigenvalue weighted by Gasteiger charge is 2.01. The van der Waals surface area contributed by atoms with E-state index in [-0.39, 0.29) is 14.3 Å². The van der Waals surface area contributed by atoms with Crippen molar-refractivity contribution in [2.45, 2.75) is 17.0 Å². The molecule has 0 heterocycles. The number of thiol groups is 1. The van der Waals surface area contributed by atoms with Crippen LogP contribution in [0.15, 0.2) is 0 Å². The average Bonchev–Trinajstić information content (AvgIpc) is 1.89. The van der Waals surface area contributed by atoms with Gasteiger partial charge in [-0.05, 0) is 24.2 Å². The number of rotatable bonds is 5. The minimum atomic E-state index is -0.310. The van der Waals surface area contributed by atoms with E-state index in [1.807, 2.05) is 5.40 Å². The third-order valence-electron chi connectivity index (χ3n) is 0.988. The van der Waals surface area contributed by atoms with Crippen molar-refractivity contribution < 1.29 is 4.43 Å². The van der Waals surface area contributed by atoms with E-state index in [2.05, 4.69) is 12.6 Å². The van der Waals surface area contributed by atoms with E-state index in [0.29, 0.717) is 0 Å². The van der Waals surface area contributed by atoms with Gasteiger partial charge in [0.25, 0.3) is 0 Å². The molecule has 0 saturated carbocycles. The molecule has 1 unspecified atom stereocenters. The van der Waals surface area contributed by atoms with Crippen LogP contribution in [-0.2, 0) is 4.43 Å². The lowest BCUT2D eigenvalue weighted by atomic mass is 10.6. The molecule has 0 saturated heterocycles. The Bertz CT molecular complexity index is 117. The first-order valence-corrected chi connectivity index (χ1v) is 6.00. The summed E-state index contributed by atoms with van der Waals surface area (Å²) in [4.78, 5) is 0. The lowest BCUT2D eigenvalue weighted by Crippen LogP contribution is -1.97. The topological polar surface area (TPSA) is 33.0 Å². The molecule has 0 amide bonds. The van der Waals surface area contributed by atoms with Gasteiger partial charge in [0, 0.05) is 7.11 Å². The summed E-state index contributed by atoms with van der Waals surface area (Å²) < 4.78 is 5.16. The Morgan fingerprint density at radius 2 is 2.60 bits per heavy atom. The SMILES string of the molecule is CO[SiH2]CCC(S)SC#N. The van der Waals surface area contributed by atoms with Gasteiger partial charge in [0.1, 0.15) is 5.40 Å². The van der Waals surface area contributed by atoms with Crippen LogP contribution in [0, 0.1) is 10.7 Å². The van der Waals surface area contributed by atoms with Crippen LogP contribution in [0.25, 0.3) is 0 Å². The molecular weight excluding hydrogens is 182 g/mol. The maximum Gasteiger partial charge on any atom is 0.161 e. The van der Waals surface area contributed by atoms with E-state index in [1.165, 1.54) is 11.8 Å². The number of thioether (sulfide) groups is 1. The predicted octanol–water partition coefficient (Wildman–Crippen LogP) is 0.995. The van der Waals surface area contributed by atoms with E-state index in [1.54, 1.807) is 7.11 Å². The normalized spacial score (nSPS) is 13.7. The highest BCUT2D eigenvalue weighted by Crippen LogP contribution is 2.18. The maximum atomic E-state index is 8.24. The van der Waals surface area contributed by atoms with E-state index in [9.17, 15) is 0 Å². The molecule has 0 radical (unpaired) electrons. The first-order valence-electron chi connectivity index (χ1n) is 3.03. The first kappa shape index (κ1) is 10.4. The second-order valence-electron chi connectivity index (χ2n) is 1.80. The molecule has 0 aromatic carbocycles. The number of hydrogen-bond acceptors (Lipinski definition) is 4. The van der Waals surface area contributed by atoms with Crippen molar-refractivity contribution in [3.63, 3.8) is 0 Å². The second-order valence-corrected chi connectivity index (χ2v) is 5.45. The first-order chi connectivity index (χ1) is 4.81. The van der Waals surface area contributed by atoms with Crippen molar-refractivity contribution in [1.82, 2.24) is 0 Å². The van der Waals surface area contributed by atoms with Gasteiger partial charge in [0.05, 0.1) is 4.58 Å². The molecule has 0 aliphatic rings. The summed E-state index contributed by atoms with van der Waals surface area (Å²) in [5, 5.41) is 10.2. The van der Waals surface area contributed by atoms with Crippen LogP contribution >= 0.6 is 24.4 Å². The van der Waals surface area contributed by atoms with Gasteiger partial charge in [-0.15, -0.1) is 0 Å². The Labute approximate surface area is 73.7 Å². The van der Waals surface area contributed by atoms with Gasteiger partial charge in [-0.1, -0.05) is 0 Å². The van der Waals surface area contributed by atoms with Gasteiger partial charge >= 0.3 is 0 Å². The molecule has 5 heteroatoms. The highest BCUT2D eigenvalue weighted by molar-refractivity contribution is 8.13. The fourth-order valence-corrected chi connectivity index (χ4v) is 2.76. The molecule has 10 heavy (non-hydrogen) atoms. The lowest BCUT2D eigenvalue weighted by Gasteiger charge is -2.02. The molecule has 58 valence electrons. The smallest absolute Gasteiger partial charge is 0.161 e. The molecule has 0 fully saturated rings. The van der Waals surface area contributed by atoms with E-state index >= 15 is 0 Å². The van der Waals surface area contributed by atoms with Crippen molar-refractivity contribution in [2.75, 3.05) is 7.11 Å². The fraction of sp³-hybridized carbons (Fsp3) is 0.800. The Morgan fingerprint density at radius 3 is 3.10 bits per heavy atom. The average molecular weight is 193 g/mol. The van der Waals surface area contributed by atoms with Crippen LogP contribution in [0.3, 0.4) is 0 Å². The fourth-order valence-electron chi connectivity index (χ4n) is 0.522. The van der Waals surface area contributed by atoms with Crippen LogP contribution < -0.4 is 0 Å². The Morgan fingerprint density at radius 1 is 1.90 bits per heavy atom. The Kier molecular flexibility index (Phi) is 7.75. The largest absolute Gasteiger partial charge is 0.427 e. The molecule has 0 spiro atoms. The third-order valence-corrected chi connectivity index (χ3v) is 3.28. The van der Waals surface area contributed by atoms with Gasteiger partial charge in [-0.25, -0.2) is 0 Å². The van der Waals surface area contributed by atoms with Gasteiger partial charge in [0.2, 0.25) is 0 Å². The molecule has 0 aromatic rings. The summed E-state index contributed by atoms with van der Waals surface area (Å²) >= 11 is 5.41. The molecular formula is C5H11NOS2Si. The summed E-state index contributed by atoms with van der Waals surface area (Å²) in [5.74, 6) is 0. The highest BCUT2D eigenvalue weighted by atomic mass is 32.2. The van der Waals surface area contributed by atoms with Crippen molar-refractivity contribution >= 4 is 34.2 Å². The summed E-state index contributed by atoms with van der Waals surface area (Å²) in [6.07, 6.45) is 0.988. The van der Waals surface area contributed by atoms with Crippen LogP contribution in [0.5, 0.6) is 0 Å². The van der Waals surface area contributed by atoms with E-state index in [4.69, 9.17) is 9.69 Å². The van der Waals surface area contributed by atoms with Gasteiger partial charge in [-0.3, -0.25) is 0 Å².